The van der Waals surface area contributed by atoms with Crippen LogP contribution < -0.4 is 11.0 Å². The Morgan fingerprint density at radius 1 is 1.33 bits per heavy atom. The molecule has 1 aliphatic heterocycles. The van der Waals surface area contributed by atoms with Crippen LogP contribution in [0.5, 0.6) is 0 Å². The van der Waals surface area contributed by atoms with E-state index in [0.29, 0.717) is 6.04 Å². The van der Waals surface area contributed by atoms with Crippen LogP contribution in [0.15, 0.2) is 23.0 Å². The maximum Gasteiger partial charge on any atom is 0.323 e. The van der Waals surface area contributed by atoms with Gasteiger partial charge in [-0.05, 0) is 51.3 Å². The average molecular weight is 289 g/mol. The van der Waals surface area contributed by atoms with Gasteiger partial charge in [-0.15, -0.1) is 0 Å². The van der Waals surface area contributed by atoms with Gasteiger partial charge < -0.3 is 20.0 Å². The van der Waals surface area contributed by atoms with Crippen LogP contribution in [-0.2, 0) is 4.74 Å². The maximum atomic E-state index is 11.3. The van der Waals surface area contributed by atoms with E-state index in [1.807, 2.05) is 12.1 Å². The molecule has 1 saturated heterocycles. The fraction of sp³-hybridized carbons (Fsp3) is 0.562. The van der Waals surface area contributed by atoms with Crippen molar-refractivity contribution in [3.8, 4) is 0 Å². The molecule has 1 fully saturated rings. The van der Waals surface area contributed by atoms with Gasteiger partial charge in [0.2, 0.25) is 0 Å². The van der Waals surface area contributed by atoms with E-state index < -0.39 is 0 Å². The molecule has 2 atom stereocenters. The molecule has 0 bridgehead atoms. The standard InChI is InChI=1S/C16H23N3O2/c1-10(17-12-6-7-21-16(2,3)9-12)11-4-5-13-14(8-11)19-15(20)18-13/h4-5,8,10,12,17H,6-7,9H2,1-3H3,(H2,18,19,20). The summed E-state index contributed by atoms with van der Waals surface area (Å²) in [5.74, 6) is 0. The zero-order valence-electron chi connectivity index (χ0n) is 12.8. The number of hydrogen-bond donors (Lipinski definition) is 3. The number of aromatic nitrogens is 2. The monoisotopic (exact) mass is 289 g/mol. The molecule has 2 aromatic rings. The van der Waals surface area contributed by atoms with Gasteiger partial charge in [0.1, 0.15) is 0 Å². The van der Waals surface area contributed by atoms with Crippen molar-refractivity contribution in [3.63, 3.8) is 0 Å². The second kappa shape index (κ2) is 5.31. The topological polar surface area (TPSA) is 69.9 Å². The Morgan fingerprint density at radius 3 is 2.86 bits per heavy atom. The van der Waals surface area contributed by atoms with Crippen LogP contribution in [0.3, 0.4) is 0 Å². The predicted molar refractivity (Wildman–Crippen MR) is 83.5 cm³/mol. The lowest BCUT2D eigenvalue weighted by molar-refractivity contribution is -0.0639. The fourth-order valence-corrected chi connectivity index (χ4v) is 3.14. The van der Waals surface area contributed by atoms with Gasteiger partial charge in [0.25, 0.3) is 0 Å². The number of benzene rings is 1. The molecule has 1 aromatic heterocycles. The van der Waals surface area contributed by atoms with Gasteiger partial charge in [-0.3, -0.25) is 0 Å². The molecule has 114 valence electrons. The second-order valence-corrected chi connectivity index (χ2v) is 6.57. The number of hydrogen-bond acceptors (Lipinski definition) is 3. The highest BCUT2D eigenvalue weighted by molar-refractivity contribution is 5.75. The van der Waals surface area contributed by atoms with Crippen LogP contribution in [0.1, 0.15) is 45.2 Å². The van der Waals surface area contributed by atoms with E-state index >= 15 is 0 Å². The minimum absolute atomic E-state index is 0.0501. The highest BCUT2D eigenvalue weighted by Crippen LogP contribution is 2.26. The van der Waals surface area contributed by atoms with Gasteiger partial charge in [-0.25, -0.2) is 4.79 Å². The summed E-state index contributed by atoms with van der Waals surface area (Å²) in [6.45, 7) is 7.25. The molecule has 21 heavy (non-hydrogen) atoms. The second-order valence-electron chi connectivity index (χ2n) is 6.57. The van der Waals surface area contributed by atoms with Crippen molar-refractivity contribution in [1.82, 2.24) is 15.3 Å². The minimum Gasteiger partial charge on any atom is -0.375 e. The Labute approximate surface area is 124 Å². The molecule has 2 heterocycles. The molecule has 0 radical (unpaired) electrons. The first-order valence-electron chi connectivity index (χ1n) is 7.55. The minimum atomic E-state index is -0.158. The molecule has 1 aromatic carbocycles. The van der Waals surface area contributed by atoms with Gasteiger partial charge in [0, 0.05) is 18.7 Å². The lowest BCUT2D eigenvalue weighted by atomic mass is 9.93. The highest BCUT2D eigenvalue weighted by atomic mass is 16.5. The van der Waals surface area contributed by atoms with Crippen LogP contribution in [0.25, 0.3) is 11.0 Å². The van der Waals surface area contributed by atoms with Crippen molar-refractivity contribution in [2.24, 2.45) is 0 Å². The van der Waals surface area contributed by atoms with E-state index in [1.54, 1.807) is 0 Å². The highest BCUT2D eigenvalue weighted by Gasteiger charge is 2.29. The zero-order chi connectivity index (χ0) is 15.0. The van der Waals surface area contributed by atoms with E-state index in [4.69, 9.17) is 4.74 Å². The summed E-state index contributed by atoms with van der Waals surface area (Å²) in [7, 11) is 0. The third-order valence-corrected chi connectivity index (χ3v) is 4.22. The Bertz CT molecular complexity index is 686. The predicted octanol–water partition coefficient (Wildman–Crippen LogP) is 2.46. The molecule has 0 aliphatic carbocycles. The largest absolute Gasteiger partial charge is 0.375 e. The lowest BCUT2D eigenvalue weighted by Crippen LogP contribution is -2.44. The Hall–Kier alpha value is -1.59. The van der Waals surface area contributed by atoms with Crippen molar-refractivity contribution in [2.75, 3.05) is 6.61 Å². The SMILES string of the molecule is CC(NC1CCOC(C)(C)C1)c1ccc2[nH]c(=O)[nH]c2c1. The summed E-state index contributed by atoms with van der Waals surface area (Å²) >= 11 is 0. The first kappa shape index (κ1) is 14.4. The summed E-state index contributed by atoms with van der Waals surface area (Å²) in [4.78, 5) is 16.9. The van der Waals surface area contributed by atoms with Crippen molar-refractivity contribution in [3.05, 3.63) is 34.2 Å². The van der Waals surface area contributed by atoms with Crippen molar-refractivity contribution >= 4 is 11.0 Å². The molecule has 0 saturated carbocycles. The smallest absolute Gasteiger partial charge is 0.323 e. The van der Waals surface area contributed by atoms with Gasteiger partial charge in [-0.2, -0.15) is 0 Å². The van der Waals surface area contributed by atoms with E-state index in [0.717, 1.165) is 30.5 Å². The molecule has 5 nitrogen and oxygen atoms in total. The number of fused-ring (bicyclic) bond motifs is 1. The molecule has 0 spiro atoms. The number of aromatic amines is 2. The van der Waals surface area contributed by atoms with E-state index in [2.05, 4.69) is 42.1 Å². The first-order chi connectivity index (χ1) is 9.93. The number of imidazole rings is 1. The molecular formula is C16H23N3O2. The maximum absolute atomic E-state index is 11.3. The van der Waals surface area contributed by atoms with Crippen molar-refractivity contribution in [2.45, 2.75) is 51.3 Å². The quantitative estimate of drug-likeness (QED) is 0.813. The normalized spacial score (nSPS) is 23.3. The summed E-state index contributed by atoms with van der Waals surface area (Å²) in [6.07, 6.45) is 2.05. The lowest BCUT2D eigenvalue weighted by Gasteiger charge is -2.37. The number of H-pyrrole nitrogens is 2. The molecule has 2 unspecified atom stereocenters. The van der Waals surface area contributed by atoms with Gasteiger partial charge in [0.05, 0.1) is 16.6 Å². The first-order valence-corrected chi connectivity index (χ1v) is 7.55. The molecule has 1 aliphatic rings. The Balaban J connectivity index is 1.74. The summed E-state index contributed by atoms with van der Waals surface area (Å²) in [5.41, 5.74) is 2.68. The Kier molecular flexibility index (Phi) is 3.63. The van der Waals surface area contributed by atoms with Gasteiger partial charge in [-0.1, -0.05) is 6.07 Å². The van der Waals surface area contributed by atoms with E-state index in [-0.39, 0.29) is 17.3 Å². The average Bonchev–Trinajstić information content (AvgIpc) is 2.76. The van der Waals surface area contributed by atoms with Crippen LogP contribution >= 0.6 is 0 Å². The van der Waals surface area contributed by atoms with Crippen LogP contribution in [0.2, 0.25) is 0 Å². The third kappa shape index (κ3) is 3.19. The third-order valence-electron chi connectivity index (χ3n) is 4.22. The van der Waals surface area contributed by atoms with Gasteiger partial charge in [0.15, 0.2) is 0 Å². The number of nitrogens with one attached hydrogen (secondary N) is 3. The zero-order valence-corrected chi connectivity index (χ0v) is 12.8. The Morgan fingerprint density at radius 2 is 2.10 bits per heavy atom. The van der Waals surface area contributed by atoms with E-state index in [1.165, 1.54) is 5.56 Å². The van der Waals surface area contributed by atoms with Gasteiger partial charge >= 0.3 is 5.69 Å². The van der Waals surface area contributed by atoms with Crippen molar-refractivity contribution < 1.29 is 4.74 Å². The fourth-order valence-electron chi connectivity index (χ4n) is 3.14. The van der Waals surface area contributed by atoms with Crippen LogP contribution in [-0.4, -0.2) is 28.2 Å². The summed E-state index contributed by atoms with van der Waals surface area (Å²) < 4.78 is 5.76. The molecule has 5 heteroatoms. The molecule has 0 amide bonds. The van der Waals surface area contributed by atoms with Crippen LogP contribution in [0.4, 0.5) is 0 Å². The molecule has 3 rings (SSSR count). The summed E-state index contributed by atoms with van der Waals surface area (Å²) in [6, 6.07) is 6.76. The molecular weight excluding hydrogens is 266 g/mol. The van der Waals surface area contributed by atoms with E-state index in [9.17, 15) is 4.79 Å². The number of ether oxygens (including phenoxy) is 1. The summed E-state index contributed by atoms with van der Waals surface area (Å²) in [5, 5.41) is 3.68. The van der Waals surface area contributed by atoms with Crippen LogP contribution in [0, 0.1) is 0 Å². The van der Waals surface area contributed by atoms with Crippen molar-refractivity contribution in [1.29, 1.82) is 0 Å². The number of rotatable bonds is 3. The molecule has 3 N–H and O–H groups in total.